The molecule has 0 amide bonds. The number of nitrogens with zero attached hydrogens (tertiary/aromatic N) is 1. The van der Waals surface area contributed by atoms with E-state index in [9.17, 15) is 0 Å². The van der Waals surface area contributed by atoms with E-state index in [4.69, 9.17) is 0 Å². The van der Waals surface area contributed by atoms with Crippen LogP contribution in [0.1, 0.15) is 24.3 Å². The summed E-state index contributed by atoms with van der Waals surface area (Å²) in [5, 5.41) is 3.42. The summed E-state index contributed by atoms with van der Waals surface area (Å²) in [5.41, 5.74) is 4.05. The Morgan fingerprint density at radius 2 is 1.78 bits per heavy atom. The summed E-state index contributed by atoms with van der Waals surface area (Å²) in [4.78, 5) is 4.33. The van der Waals surface area contributed by atoms with Crippen molar-refractivity contribution in [2.45, 2.75) is 18.8 Å². The standard InChI is InChI=1S/C16H18N2/c1-2-4-13(5-3-1)15-8-11-18-12-16(15)14-6-9-17-10-7-14/h1-5,8,11-12,14,17H,6-7,9-10H2. The normalized spacial score (nSPS) is 16.7. The molecule has 1 saturated heterocycles. The Hall–Kier alpha value is -1.67. The lowest BCUT2D eigenvalue weighted by molar-refractivity contribution is 0.460. The minimum Gasteiger partial charge on any atom is -0.317 e. The molecule has 0 radical (unpaired) electrons. The van der Waals surface area contributed by atoms with Crippen molar-refractivity contribution in [3.05, 3.63) is 54.4 Å². The molecule has 1 aromatic carbocycles. The molecule has 1 aliphatic heterocycles. The molecule has 18 heavy (non-hydrogen) atoms. The number of nitrogens with one attached hydrogen (secondary N) is 1. The van der Waals surface area contributed by atoms with Crippen LogP contribution in [0.2, 0.25) is 0 Å². The molecule has 0 atom stereocenters. The lowest BCUT2D eigenvalue weighted by Crippen LogP contribution is -2.26. The van der Waals surface area contributed by atoms with Crippen molar-refractivity contribution in [3.8, 4) is 11.1 Å². The van der Waals surface area contributed by atoms with Gasteiger partial charge in [0.2, 0.25) is 0 Å². The van der Waals surface area contributed by atoms with Gasteiger partial charge in [0.25, 0.3) is 0 Å². The van der Waals surface area contributed by atoms with Gasteiger partial charge < -0.3 is 5.32 Å². The fraction of sp³-hybridized carbons (Fsp3) is 0.312. The monoisotopic (exact) mass is 238 g/mol. The summed E-state index contributed by atoms with van der Waals surface area (Å²) in [6, 6.07) is 12.8. The van der Waals surface area contributed by atoms with Gasteiger partial charge in [-0.3, -0.25) is 4.98 Å². The first-order chi connectivity index (χ1) is 8.95. The molecule has 0 bridgehead atoms. The fourth-order valence-corrected chi connectivity index (χ4v) is 2.75. The number of aromatic nitrogens is 1. The first kappa shape index (κ1) is 11.4. The van der Waals surface area contributed by atoms with Gasteiger partial charge in [-0.2, -0.15) is 0 Å². The second-order valence-electron chi connectivity index (χ2n) is 4.85. The Morgan fingerprint density at radius 1 is 1.00 bits per heavy atom. The molecule has 3 rings (SSSR count). The van der Waals surface area contributed by atoms with Crippen LogP contribution in [0.15, 0.2) is 48.8 Å². The molecule has 1 fully saturated rings. The van der Waals surface area contributed by atoms with Crippen LogP contribution >= 0.6 is 0 Å². The summed E-state index contributed by atoms with van der Waals surface area (Å²) in [5.74, 6) is 0.648. The van der Waals surface area contributed by atoms with Crippen LogP contribution < -0.4 is 5.32 Å². The SMILES string of the molecule is c1ccc(-c2ccncc2C2CCNCC2)cc1. The second-order valence-corrected chi connectivity index (χ2v) is 4.85. The van der Waals surface area contributed by atoms with Gasteiger partial charge in [0.1, 0.15) is 0 Å². The average Bonchev–Trinajstić information content (AvgIpc) is 2.49. The van der Waals surface area contributed by atoms with Crippen molar-refractivity contribution in [2.24, 2.45) is 0 Å². The van der Waals surface area contributed by atoms with Crippen molar-refractivity contribution >= 4 is 0 Å². The minimum atomic E-state index is 0.648. The highest BCUT2D eigenvalue weighted by Crippen LogP contribution is 2.33. The molecule has 2 heterocycles. The summed E-state index contributed by atoms with van der Waals surface area (Å²) in [7, 11) is 0. The number of benzene rings is 1. The molecule has 0 spiro atoms. The number of pyridine rings is 1. The Bertz CT molecular complexity index is 502. The third-order valence-electron chi connectivity index (χ3n) is 3.72. The Labute approximate surface area is 108 Å². The van der Waals surface area contributed by atoms with Crippen LogP contribution in [0.25, 0.3) is 11.1 Å². The molecule has 2 aromatic rings. The van der Waals surface area contributed by atoms with E-state index in [0.717, 1.165) is 13.1 Å². The van der Waals surface area contributed by atoms with E-state index in [0.29, 0.717) is 5.92 Å². The molecule has 92 valence electrons. The lowest BCUT2D eigenvalue weighted by atomic mass is 9.86. The van der Waals surface area contributed by atoms with Crippen molar-refractivity contribution in [3.63, 3.8) is 0 Å². The molecule has 0 saturated carbocycles. The number of piperidine rings is 1. The minimum absolute atomic E-state index is 0.648. The third-order valence-corrected chi connectivity index (χ3v) is 3.72. The zero-order valence-corrected chi connectivity index (χ0v) is 10.5. The molecule has 1 aliphatic rings. The highest BCUT2D eigenvalue weighted by atomic mass is 14.9. The molecule has 2 nitrogen and oxygen atoms in total. The van der Waals surface area contributed by atoms with Gasteiger partial charge >= 0.3 is 0 Å². The van der Waals surface area contributed by atoms with Crippen LogP contribution in [-0.4, -0.2) is 18.1 Å². The van der Waals surface area contributed by atoms with E-state index in [2.05, 4.69) is 52.9 Å². The maximum atomic E-state index is 4.33. The van der Waals surface area contributed by atoms with E-state index in [1.54, 1.807) is 0 Å². The molecular weight excluding hydrogens is 220 g/mol. The van der Waals surface area contributed by atoms with E-state index < -0.39 is 0 Å². The van der Waals surface area contributed by atoms with Crippen molar-refractivity contribution in [2.75, 3.05) is 13.1 Å². The van der Waals surface area contributed by atoms with Crippen LogP contribution in [0.5, 0.6) is 0 Å². The quantitative estimate of drug-likeness (QED) is 0.869. The summed E-state index contributed by atoms with van der Waals surface area (Å²) in [6.45, 7) is 2.24. The topological polar surface area (TPSA) is 24.9 Å². The lowest BCUT2D eigenvalue weighted by Gasteiger charge is -2.24. The first-order valence-electron chi connectivity index (χ1n) is 6.65. The molecule has 1 N–H and O–H groups in total. The second kappa shape index (κ2) is 5.32. The van der Waals surface area contributed by atoms with Gasteiger partial charge in [-0.05, 0) is 54.6 Å². The van der Waals surface area contributed by atoms with Crippen LogP contribution in [0, 0.1) is 0 Å². The summed E-state index contributed by atoms with van der Waals surface area (Å²) in [6.07, 6.45) is 6.38. The van der Waals surface area contributed by atoms with Crippen LogP contribution in [0.3, 0.4) is 0 Å². The Morgan fingerprint density at radius 3 is 2.56 bits per heavy atom. The van der Waals surface area contributed by atoms with Crippen LogP contribution in [-0.2, 0) is 0 Å². The van der Waals surface area contributed by atoms with E-state index in [1.807, 2.05) is 6.20 Å². The average molecular weight is 238 g/mol. The third kappa shape index (κ3) is 2.29. The Balaban J connectivity index is 1.99. The summed E-state index contributed by atoms with van der Waals surface area (Å²) < 4.78 is 0. The van der Waals surface area contributed by atoms with Crippen molar-refractivity contribution < 1.29 is 0 Å². The molecular formula is C16H18N2. The number of hydrogen-bond acceptors (Lipinski definition) is 2. The first-order valence-corrected chi connectivity index (χ1v) is 6.65. The highest BCUT2D eigenvalue weighted by molar-refractivity contribution is 5.67. The van der Waals surface area contributed by atoms with Gasteiger partial charge in [0.05, 0.1) is 0 Å². The smallest absolute Gasteiger partial charge is 0.0308 e. The van der Waals surface area contributed by atoms with Gasteiger partial charge in [-0.25, -0.2) is 0 Å². The number of hydrogen-bond donors (Lipinski definition) is 1. The molecule has 2 heteroatoms. The maximum Gasteiger partial charge on any atom is 0.0308 e. The summed E-state index contributed by atoms with van der Waals surface area (Å²) >= 11 is 0. The van der Waals surface area contributed by atoms with Gasteiger partial charge in [0.15, 0.2) is 0 Å². The molecule has 1 aromatic heterocycles. The largest absolute Gasteiger partial charge is 0.317 e. The fourth-order valence-electron chi connectivity index (χ4n) is 2.75. The van der Waals surface area contributed by atoms with Crippen molar-refractivity contribution in [1.82, 2.24) is 10.3 Å². The molecule has 0 unspecified atom stereocenters. The van der Waals surface area contributed by atoms with Crippen LogP contribution in [0.4, 0.5) is 0 Å². The van der Waals surface area contributed by atoms with E-state index in [-0.39, 0.29) is 0 Å². The maximum absolute atomic E-state index is 4.33. The number of rotatable bonds is 2. The molecule has 0 aliphatic carbocycles. The van der Waals surface area contributed by atoms with E-state index >= 15 is 0 Å². The van der Waals surface area contributed by atoms with Gasteiger partial charge in [-0.15, -0.1) is 0 Å². The van der Waals surface area contributed by atoms with Gasteiger partial charge in [0, 0.05) is 12.4 Å². The predicted molar refractivity (Wildman–Crippen MR) is 74.5 cm³/mol. The van der Waals surface area contributed by atoms with E-state index in [1.165, 1.54) is 29.5 Å². The zero-order valence-electron chi connectivity index (χ0n) is 10.5. The highest BCUT2D eigenvalue weighted by Gasteiger charge is 2.18. The predicted octanol–water partition coefficient (Wildman–Crippen LogP) is 3.22. The van der Waals surface area contributed by atoms with Gasteiger partial charge in [-0.1, -0.05) is 30.3 Å². The zero-order chi connectivity index (χ0) is 12.2. The Kier molecular flexibility index (Phi) is 3.37. The van der Waals surface area contributed by atoms with Crippen molar-refractivity contribution in [1.29, 1.82) is 0 Å².